The van der Waals surface area contributed by atoms with Gasteiger partial charge >= 0.3 is 0 Å². The first-order valence-corrected chi connectivity index (χ1v) is 24.3. The first-order chi connectivity index (χ1) is 32.5. The number of aliphatic hydroxyl groups excluding tert-OH is 1. The van der Waals surface area contributed by atoms with E-state index in [1.54, 1.807) is 58.9 Å². The lowest BCUT2D eigenvalue weighted by molar-refractivity contribution is -0.187. The molecule has 0 aliphatic carbocycles. The Morgan fingerprint density at radius 3 is 1.80 bits per heavy atom. The third kappa shape index (κ3) is 16.2. The Kier molecular flexibility index (Phi) is 23.4. The first-order valence-electron chi connectivity index (χ1n) is 24.3. The van der Waals surface area contributed by atoms with Gasteiger partial charge in [0.15, 0.2) is 12.1 Å². The highest BCUT2D eigenvalue weighted by molar-refractivity contribution is 6.09. The molecular weight excluding hydrogens is 905 g/mol. The summed E-state index contributed by atoms with van der Waals surface area (Å²) in [6.07, 6.45) is -1.85. The van der Waals surface area contributed by atoms with Crippen LogP contribution in [0.1, 0.15) is 108 Å². The van der Waals surface area contributed by atoms with Crippen molar-refractivity contribution in [3.05, 3.63) is 29.8 Å². The van der Waals surface area contributed by atoms with E-state index in [1.807, 2.05) is 20.8 Å². The molecule has 6 N–H and O–H groups in total. The van der Waals surface area contributed by atoms with Crippen molar-refractivity contribution in [2.75, 3.05) is 41.3 Å². The third-order valence-electron chi connectivity index (χ3n) is 13.3. The molecule has 0 aromatic heterocycles. The summed E-state index contributed by atoms with van der Waals surface area (Å²) in [6, 6.07) is 0.238. The minimum Gasteiger partial charge on any atom is -0.497 e. The Bertz CT molecular complexity index is 1990. The van der Waals surface area contributed by atoms with Crippen molar-refractivity contribution in [1.29, 1.82) is 0 Å². The molecule has 2 unspecified atom stereocenters. The highest BCUT2D eigenvalue weighted by Crippen LogP contribution is 2.24. The van der Waals surface area contributed by atoms with Crippen LogP contribution in [0.15, 0.2) is 24.3 Å². The summed E-state index contributed by atoms with van der Waals surface area (Å²) in [5.74, 6) is -7.31. The average Bonchev–Trinajstić information content (AvgIpc) is 3.31. The fourth-order valence-electron chi connectivity index (χ4n) is 8.19. The number of hydrogen-bond acceptors (Lipinski definition) is 12. The molecule has 1 aliphatic heterocycles. The first kappa shape index (κ1) is 60.5. The Labute approximate surface area is 414 Å². The van der Waals surface area contributed by atoms with Crippen LogP contribution in [0.5, 0.6) is 5.75 Å². The number of hydrogen-bond donors (Lipinski definition) is 6. The van der Waals surface area contributed by atoms with Crippen LogP contribution in [0, 0.1) is 29.1 Å². The van der Waals surface area contributed by atoms with Crippen LogP contribution in [0.2, 0.25) is 0 Å². The van der Waals surface area contributed by atoms with Crippen LogP contribution < -0.4 is 31.3 Å². The molecule has 1 aliphatic rings. The molecule has 8 amide bonds. The third-order valence-corrected chi connectivity index (χ3v) is 13.3. The lowest BCUT2D eigenvalue weighted by Crippen LogP contribution is -2.60. The highest BCUT2D eigenvalue weighted by Gasteiger charge is 2.43. The van der Waals surface area contributed by atoms with E-state index in [9.17, 15) is 48.3 Å². The Morgan fingerprint density at radius 2 is 1.29 bits per heavy atom. The summed E-state index contributed by atoms with van der Waals surface area (Å²) in [5.41, 5.74) is -1.14. The van der Waals surface area contributed by atoms with Gasteiger partial charge in [-0.3, -0.25) is 43.2 Å². The molecule has 20 nitrogen and oxygen atoms in total. The van der Waals surface area contributed by atoms with Gasteiger partial charge in [0.1, 0.15) is 41.4 Å². The predicted molar refractivity (Wildman–Crippen MR) is 262 cm³/mol. The van der Waals surface area contributed by atoms with Gasteiger partial charge in [0, 0.05) is 39.5 Å². The number of carbonyl (C=O) groups excluding carboxylic acids is 9. The zero-order valence-electron chi connectivity index (χ0n) is 44.3. The average molecular weight is 987 g/mol. The van der Waals surface area contributed by atoms with E-state index in [2.05, 4.69) is 26.6 Å². The van der Waals surface area contributed by atoms with Crippen LogP contribution in [0.3, 0.4) is 0 Å². The molecule has 10 atom stereocenters. The second kappa shape index (κ2) is 27.1. The smallest absolute Gasteiger partial charge is 0.249 e. The molecule has 70 heavy (non-hydrogen) atoms. The van der Waals surface area contributed by atoms with Gasteiger partial charge in [-0.1, -0.05) is 73.9 Å². The number of carbonyl (C=O) groups is 9. The largest absolute Gasteiger partial charge is 0.497 e. The van der Waals surface area contributed by atoms with Gasteiger partial charge in [0.25, 0.3) is 0 Å². The van der Waals surface area contributed by atoms with E-state index in [4.69, 9.17) is 9.47 Å². The van der Waals surface area contributed by atoms with Gasteiger partial charge in [0.05, 0.1) is 26.2 Å². The Balaban J connectivity index is 2.68. The van der Waals surface area contributed by atoms with Crippen molar-refractivity contribution in [2.45, 2.75) is 157 Å². The lowest BCUT2D eigenvalue weighted by atomic mass is 9.83. The normalized spacial score (nSPS) is 27.9. The van der Waals surface area contributed by atoms with Crippen LogP contribution in [-0.4, -0.2) is 163 Å². The van der Waals surface area contributed by atoms with Crippen LogP contribution in [0.25, 0.3) is 0 Å². The second-order valence-electron chi connectivity index (χ2n) is 19.9. The summed E-state index contributed by atoms with van der Waals surface area (Å²) in [4.78, 5) is 129. The van der Waals surface area contributed by atoms with E-state index in [-0.39, 0.29) is 18.8 Å². The quantitative estimate of drug-likeness (QED) is 0.193. The molecule has 0 saturated carbocycles. The van der Waals surface area contributed by atoms with Gasteiger partial charge in [-0.2, -0.15) is 0 Å². The molecule has 1 aromatic carbocycles. The van der Waals surface area contributed by atoms with E-state index >= 15 is 0 Å². The fourth-order valence-corrected chi connectivity index (χ4v) is 8.19. The van der Waals surface area contributed by atoms with Crippen molar-refractivity contribution < 1.29 is 57.7 Å². The number of ketones is 1. The fraction of sp³-hybridized carbons (Fsp3) is 0.700. The number of methoxy groups -OCH3 is 1. The maximum Gasteiger partial charge on any atom is 0.249 e. The minimum absolute atomic E-state index is 0.0276. The molecule has 1 fully saturated rings. The molecule has 20 heteroatoms. The van der Waals surface area contributed by atoms with Crippen LogP contribution >= 0.6 is 0 Å². The van der Waals surface area contributed by atoms with Crippen molar-refractivity contribution in [2.24, 2.45) is 29.1 Å². The molecule has 1 aromatic rings. The molecular formula is C50H82N8O12. The number of benzene rings is 1. The zero-order chi connectivity index (χ0) is 53.5. The van der Waals surface area contributed by atoms with E-state index in [0.717, 1.165) is 0 Å². The van der Waals surface area contributed by atoms with Gasteiger partial charge in [-0.25, -0.2) is 0 Å². The van der Waals surface area contributed by atoms with E-state index < -0.39 is 138 Å². The Hall–Kier alpha value is -5.63. The monoisotopic (exact) mass is 987 g/mol. The van der Waals surface area contributed by atoms with Gasteiger partial charge < -0.3 is 55.9 Å². The van der Waals surface area contributed by atoms with Crippen molar-refractivity contribution in [3.63, 3.8) is 0 Å². The number of Topliss-reactive ketones (excluding diaryl/α,β-unsaturated/α-hetero) is 1. The Morgan fingerprint density at radius 1 is 0.729 bits per heavy atom. The van der Waals surface area contributed by atoms with Crippen LogP contribution in [0.4, 0.5) is 0 Å². The molecule has 1 heterocycles. The lowest BCUT2D eigenvalue weighted by Gasteiger charge is -2.37. The SMILES string of the molecule is CC[C@H](C)[C@@H]1OC(O)[C@@H](C)[C@@H](CC)NC(=O)[C@H](C)NC(=O)C(C)(C)C(=O)[C@H](C)NC(=O)C(Cc2ccc(OC)cc2)N(C)C(=O)[C@H](C(C)C)N(C)C(=O)CNC(=O)[C@H](CC(C)C)N(C)C(=O)CNC1=O. The maximum absolute atomic E-state index is 14.6. The number of likely N-dealkylation sites (N-methyl/N-ethyl adjacent to an activating group) is 3. The summed E-state index contributed by atoms with van der Waals surface area (Å²) in [7, 11) is 5.74. The summed E-state index contributed by atoms with van der Waals surface area (Å²) in [5, 5.41) is 24.7. The highest BCUT2D eigenvalue weighted by atomic mass is 16.6. The van der Waals surface area contributed by atoms with Crippen molar-refractivity contribution >= 4 is 53.0 Å². The molecule has 1 saturated heterocycles. The van der Waals surface area contributed by atoms with Crippen molar-refractivity contribution in [1.82, 2.24) is 41.3 Å². The summed E-state index contributed by atoms with van der Waals surface area (Å²) in [6.45, 7) is 18.6. The molecule has 0 spiro atoms. The molecule has 2 rings (SSSR count). The van der Waals surface area contributed by atoms with Gasteiger partial charge in [-0.05, 0) is 76.0 Å². The number of ether oxygens (including phenoxy) is 2. The van der Waals surface area contributed by atoms with Crippen LogP contribution in [-0.2, 0) is 54.3 Å². The van der Waals surface area contributed by atoms with Crippen molar-refractivity contribution in [3.8, 4) is 5.75 Å². The topological polar surface area (TPSA) is 262 Å². The summed E-state index contributed by atoms with van der Waals surface area (Å²) >= 11 is 0. The minimum atomic E-state index is -1.78. The summed E-state index contributed by atoms with van der Waals surface area (Å²) < 4.78 is 11.2. The number of nitrogens with one attached hydrogen (secondary N) is 5. The number of rotatable bonds is 9. The number of amides is 8. The molecule has 0 bridgehead atoms. The van der Waals surface area contributed by atoms with E-state index in [0.29, 0.717) is 24.2 Å². The maximum atomic E-state index is 14.6. The van der Waals surface area contributed by atoms with Gasteiger partial charge in [0.2, 0.25) is 47.3 Å². The molecule has 394 valence electrons. The zero-order valence-corrected chi connectivity index (χ0v) is 44.3. The predicted octanol–water partition coefficient (Wildman–Crippen LogP) is 1.55. The standard InChI is InChI=1S/C50H82N8O12/c1-17-29(7)41-46(65)52-25-38(59)56(13)36(23-27(3)4)44(63)51-26-39(60)58(15)40(28(5)6)47(66)57(14)37(24-33-19-21-34(69-16)22-20-33)45(64)53-31(9)42(61)50(11,12)49(68)54-32(10)43(62)55-35(18-2)30(8)48(67)70-41/h19-22,27-32,35-37,40-41,48,67H,17-18,23-26H2,1-16H3,(H,51,63)(H,52,65)(H,53,64)(H,54,68)(H,55,62)/t29-,30-,31-,32-,35+,36-,37?,40-,41-,48?/m0/s1. The van der Waals surface area contributed by atoms with E-state index in [1.165, 1.54) is 70.6 Å². The number of nitrogens with zero attached hydrogens (tertiary/aromatic N) is 3. The second-order valence-corrected chi connectivity index (χ2v) is 19.9. The number of aliphatic hydroxyl groups is 1. The van der Waals surface area contributed by atoms with Gasteiger partial charge in [-0.15, -0.1) is 0 Å². The molecule has 0 radical (unpaired) electrons.